The van der Waals surface area contributed by atoms with E-state index in [2.05, 4.69) is 10.5 Å². The van der Waals surface area contributed by atoms with E-state index >= 15 is 0 Å². The zero-order valence-corrected chi connectivity index (χ0v) is 15.0. The molecule has 0 saturated heterocycles. The lowest BCUT2D eigenvalue weighted by Crippen LogP contribution is -2.17. The molecule has 0 atom stereocenters. The normalized spacial score (nSPS) is 10.7. The smallest absolute Gasteiger partial charge is 0.271 e. The second-order valence-corrected chi connectivity index (χ2v) is 6.03. The van der Waals surface area contributed by atoms with Gasteiger partial charge in [-0.3, -0.25) is 4.79 Å². The van der Waals surface area contributed by atoms with Crippen molar-refractivity contribution >= 4 is 23.7 Å². The maximum absolute atomic E-state index is 13.7. The Hall–Kier alpha value is -3.18. The Labute approximate surface area is 161 Å². The van der Waals surface area contributed by atoms with E-state index < -0.39 is 5.82 Å². The number of carbonyl (C=O) groups excluding carboxylic acids is 1. The topological polar surface area (TPSA) is 50.7 Å². The van der Waals surface area contributed by atoms with E-state index in [0.29, 0.717) is 21.9 Å². The zero-order chi connectivity index (χ0) is 19.1. The minimum atomic E-state index is -0.402. The predicted molar refractivity (Wildman–Crippen MR) is 104 cm³/mol. The van der Waals surface area contributed by atoms with Crippen LogP contribution in [0.2, 0.25) is 5.02 Å². The number of nitrogens with one attached hydrogen (secondary N) is 1. The van der Waals surface area contributed by atoms with Gasteiger partial charge in [0.15, 0.2) is 0 Å². The third-order valence-electron chi connectivity index (χ3n) is 3.74. The van der Waals surface area contributed by atoms with Crippen LogP contribution in [0.4, 0.5) is 4.39 Å². The highest BCUT2D eigenvalue weighted by molar-refractivity contribution is 6.31. The molecule has 3 aromatic rings. The maximum atomic E-state index is 13.7. The van der Waals surface area contributed by atoms with Crippen LogP contribution >= 0.6 is 11.6 Å². The summed E-state index contributed by atoms with van der Waals surface area (Å²) in [6.45, 7) is 0.0338. The van der Waals surface area contributed by atoms with Crippen LogP contribution in [-0.2, 0) is 6.61 Å². The summed E-state index contributed by atoms with van der Waals surface area (Å²) in [6.07, 6.45) is 1.53. The lowest BCUT2D eigenvalue weighted by Gasteiger charge is -2.08. The Morgan fingerprint density at radius 1 is 1.04 bits per heavy atom. The van der Waals surface area contributed by atoms with Gasteiger partial charge in [0, 0.05) is 11.1 Å². The first-order valence-electron chi connectivity index (χ1n) is 8.17. The van der Waals surface area contributed by atoms with Crippen molar-refractivity contribution in [3.63, 3.8) is 0 Å². The molecule has 0 unspecified atom stereocenters. The van der Waals surface area contributed by atoms with Gasteiger partial charge in [0.1, 0.15) is 18.2 Å². The van der Waals surface area contributed by atoms with Crippen molar-refractivity contribution in [2.24, 2.45) is 5.10 Å². The van der Waals surface area contributed by atoms with Crippen molar-refractivity contribution in [1.82, 2.24) is 5.43 Å². The van der Waals surface area contributed by atoms with Crippen LogP contribution in [0.3, 0.4) is 0 Å². The first-order chi connectivity index (χ1) is 13.1. The van der Waals surface area contributed by atoms with Crippen molar-refractivity contribution in [2.75, 3.05) is 0 Å². The molecule has 0 aliphatic rings. The minimum Gasteiger partial charge on any atom is -0.489 e. The molecule has 1 N–H and O–H groups in total. The van der Waals surface area contributed by atoms with E-state index in [-0.39, 0.29) is 12.5 Å². The Balaban J connectivity index is 1.55. The summed E-state index contributed by atoms with van der Waals surface area (Å²) >= 11 is 5.98. The monoisotopic (exact) mass is 382 g/mol. The lowest BCUT2D eigenvalue weighted by atomic mass is 10.2. The van der Waals surface area contributed by atoms with E-state index in [9.17, 15) is 9.18 Å². The number of rotatable bonds is 6. The number of nitrogens with zero attached hydrogens (tertiary/aromatic N) is 1. The molecule has 1 amide bonds. The first kappa shape index (κ1) is 18.6. The molecule has 0 heterocycles. The molecule has 3 rings (SSSR count). The van der Waals surface area contributed by atoms with Crippen molar-refractivity contribution < 1.29 is 13.9 Å². The van der Waals surface area contributed by atoms with Gasteiger partial charge in [-0.2, -0.15) is 5.10 Å². The summed E-state index contributed by atoms with van der Waals surface area (Å²) in [4.78, 5) is 11.9. The molecule has 3 aromatic carbocycles. The van der Waals surface area contributed by atoms with Crippen LogP contribution in [0.1, 0.15) is 21.5 Å². The Morgan fingerprint density at radius 2 is 1.78 bits per heavy atom. The summed E-state index contributed by atoms with van der Waals surface area (Å²) in [5.41, 5.74) is 4.09. The fourth-order valence-corrected chi connectivity index (χ4v) is 2.51. The van der Waals surface area contributed by atoms with Gasteiger partial charge in [-0.05, 0) is 54.1 Å². The largest absolute Gasteiger partial charge is 0.489 e. The molecular weight excluding hydrogens is 367 g/mol. The highest BCUT2D eigenvalue weighted by Crippen LogP contribution is 2.21. The van der Waals surface area contributed by atoms with Gasteiger partial charge < -0.3 is 4.74 Å². The van der Waals surface area contributed by atoms with Crippen LogP contribution < -0.4 is 10.2 Å². The summed E-state index contributed by atoms with van der Waals surface area (Å²) in [7, 11) is 0. The average molecular weight is 383 g/mol. The number of halogens is 2. The van der Waals surface area contributed by atoms with Gasteiger partial charge in [-0.25, -0.2) is 9.82 Å². The van der Waals surface area contributed by atoms with E-state index in [1.165, 1.54) is 12.3 Å². The van der Waals surface area contributed by atoms with Crippen LogP contribution in [0, 0.1) is 5.82 Å². The number of benzene rings is 3. The number of hydrogen-bond donors (Lipinski definition) is 1. The zero-order valence-electron chi connectivity index (χ0n) is 14.2. The molecule has 0 aromatic heterocycles. The van der Waals surface area contributed by atoms with Crippen LogP contribution in [0.25, 0.3) is 0 Å². The Kier molecular flexibility index (Phi) is 6.18. The number of ether oxygens (including phenoxy) is 1. The van der Waals surface area contributed by atoms with E-state index in [0.717, 1.165) is 5.56 Å². The molecule has 0 aliphatic carbocycles. The van der Waals surface area contributed by atoms with Gasteiger partial charge in [-0.15, -0.1) is 0 Å². The maximum Gasteiger partial charge on any atom is 0.271 e. The Morgan fingerprint density at radius 3 is 2.48 bits per heavy atom. The second kappa shape index (κ2) is 8.96. The van der Waals surface area contributed by atoms with Crippen molar-refractivity contribution in [3.05, 3.63) is 100 Å². The SMILES string of the molecule is O=C(N/N=C/c1ccc(OCc2c(F)cccc2Cl)cc1)c1ccccc1. The molecular formula is C21H16ClFN2O2. The van der Waals surface area contributed by atoms with Gasteiger partial charge >= 0.3 is 0 Å². The van der Waals surface area contributed by atoms with Gasteiger partial charge in [0.2, 0.25) is 0 Å². The number of amides is 1. The Bertz CT molecular complexity index is 924. The molecule has 0 bridgehead atoms. The van der Waals surface area contributed by atoms with Crippen molar-refractivity contribution in [3.8, 4) is 5.75 Å². The van der Waals surface area contributed by atoms with Crippen LogP contribution in [0.15, 0.2) is 77.9 Å². The molecule has 0 saturated carbocycles. The molecule has 4 nitrogen and oxygen atoms in total. The molecule has 0 fully saturated rings. The third-order valence-corrected chi connectivity index (χ3v) is 4.09. The van der Waals surface area contributed by atoms with Crippen LogP contribution in [0.5, 0.6) is 5.75 Å². The standard InChI is InChI=1S/C21H16ClFN2O2/c22-19-7-4-8-20(23)18(19)14-27-17-11-9-15(10-12-17)13-24-25-21(26)16-5-2-1-3-6-16/h1-13H,14H2,(H,25,26)/b24-13+. The van der Waals surface area contributed by atoms with Gasteiger partial charge in [0.25, 0.3) is 5.91 Å². The highest BCUT2D eigenvalue weighted by Gasteiger charge is 2.07. The molecule has 0 aliphatic heterocycles. The predicted octanol–water partition coefficient (Wildman–Crippen LogP) is 4.82. The fraction of sp³-hybridized carbons (Fsp3) is 0.0476. The fourth-order valence-electron chi connectivity index (χ4n) is 2.30. The quantitative estimate of drug-likeness (QED) is 0.490. The molecule has 27 heavy (non-hydrogen) atoms. The summed E-state index contributed by atoms with van der Waals surface area (Å²) in [5.74, 6) is -0.117. The number of hydrogen-bond acceptors (Lipinski definition) is 3. The van der Waals surface area contributed by atoms with Crippen LogP contribution in [-0.4, -0.2) is 12.1 Å². The first-order valence-corrected chi connectivity index (χ1v) is 8.55. The third kappa shape index (κ3) is 5.15. The van der Waals surface area contributed by atoms with E-state index in [4.69, 9.17) is 16.3 Å². The highest BCUT2D eigenvalue weighted by atomic mass is 35.5. The lowest BCUT2D eigenvalue weighted by molar-refractivity contribution is 0.0955. The van der Waals surface area contributed by atoms with Crippen molar-refractivity contribution in [1.29, 1.82) is 0 Å². The van der Waals surface area contributed by atoms with Crippen molar-refractivity contribution in [2.45, 2.75) is 6.61 Å². The van der Waals surface area contributed by atoms with E-state index in [1.807, 2.05) is 6.07 Å². The summed E-state index contributed by atoms with van der Waals surface area (Å²) in [6, 6.07) is 20.3. The van der Waals surface area contributed by atoms with E-state index in [1.54, 1.807) is 60.7 Å². The average Bonchev–Trinajstić information content (AvgIpc) is 2.69. The summed E-state index contributed by atoms with van der Waals surface area (Å²) in [5, 5.41) is 4.26. The number of carbonyl (C=O) groups is 1. The molecule has 0 radical (unpaired) electrons. The second-order valence-electron chi connectivity index (χ2n) is 5.62. The number of hydrazone groups is 1. The minimum absolute atomic E-state index is 0.0338. The molecule has 6 heteroatoms. The van der Waals surface area contributed by atoms with Gasteiger partial charge in [-0.1, -0.05) is 35.9 Å². The van der Waals surface area contributed by atoms with Gasteiger partial charge in [0.05, 0.1) is 11.2 Å². The molecule has 0 spiro atoms. The molecule has 136 valence electrons. The summed E-state index contributed by atoms with van der Waals surface area (Å²) < 4.78 is 19.3.